The van der Waals surface area contributed by atoms with Gasteiger partial charge in [-0.1, -0.05) is 23.8 Å². The quantitative estimate of drug-likeness (QED) is 0.376. The Kier molecular flexibility index (Phi) is 8.32. The predicted molar refractivity (Wildman–Crippen MR) is 121 cm³/mol. The molecule has 3 rings (SSSR count). The minimum atomic E-state index is 0.357. The van der Waals surface area contributed by atoms with Crippen LogP contribution in [0.2, 0.25) is 0 Å². The van der Waals surface area contributed by atoms with Crippen molar-refractivity contribution < 1.29 is 9.47 Å². The number of methoxy groups -OCH3 is 1. The maximum Gasteiger partial charge on any atom is 0.218 e. The van der Waals surface area contributed by atoms with Gasteiger partial charge in [0.2, 0.25) is 5.88 Å². The summed E-state index contributed by atoms with van der Waals surface area (Å²) in [6, 6.07) is 13.0. The molecule has 0 spiro atoms. The fourth-order valence-electron chi connectivity index (χ4n) is 3.44. The molecule has 2 aromatic rings. The number of ether oxygens (including phenoxy) is 2. The molecule has 1 aromatic carbocycles. The van der Waals surface area contributed by atoms with Gasteiger partial charge < -0.3 is 25.0 Å². The molecule has 0 amide bonds. The monoisotopic (exact) mass is 411 g/mol. The summed E-state index contributed by atoms with van der Waals surface area (Å²) < 4.78 is 10.8. The van der Waals surface area contributed by atoms with Crippen LogP contribution in [0.15, 0.2) is 47.6 Å². The van der Waals surface area contributed by atoms with Gasteiger partial charge in [0.25, 0.3) is 0 Å². The first-order chi connectivity index (χ1) is 14.7. The summed E-state index contributed by atoms with van der Waals surface area (Å²) in [5, 5.41) is 6.94. The van der Waals surface area contributed by atoms with Crippen molar-refractivity contribution in [3.63, 3.8) is 0 Å². The summed E-state index contributed by atoms with van der Waals surface area (Å²) in [4.78, 5) is 11.5. The van der Waals surface area contributed by atoms with Crippen LogP contribution in [0, 0.1) is 6.92 Å². The molecule has 1 atom stereocenters. The number of nitrogens with one attached hydrogen (secondary N) is 2. The average molecular weight is 412 g/mol. The van der Waals surface area contributed by atoms with E-state index in [1.807, 2.05) is 12.1 Å². The van der Waals surface area contributed by atoms with Gasteiger partial charge in [-0.2, -0.15) is 0 Å². The second-order valence-electron chi connectivity index (χ2n) is 7.42. The highest BCUT2D eigenvalue weighted by Crippen LogP contribution is 2.21. The third-order valence-electron chi connectivity index (χ3n) is 5.06. The van der Waals surface area contributed by atoms with Crippen molar-refractivity contribution in [2.24, 2.45) is 4.99 Å². The van der Waals surface area contributed by atoms with E-state index in [0.717, 1.165) is 37.6 Å². The second kappa shape index (κ2) is 11.4. The molecule has 30 heavy (non-hydrogen) atoms. The molecule has 0 radical (unpaired) electrons. The van der Waals surface area contributed by atoms with E-state index in [1.165, 1.54) is 11.3 Å². The summed E-state index contributed by atoms with van der Waals surface area (Å²) in [6.45, 7) is 8.51. The van der Waals surface area contributed by atoms with Crippen LogP contribution in [0.5, 0.6) is 5.88 Å². The molecule has 1 saturated heterocycles. The van der Waals surface area contributed by atoms with Gasteiger partial charge in [0.1, 0.15) is 6.61 Å². The Bertz CT molecular complexity index is 809. The Balaban J connectivity index is 1.59. The standard InChI is InChI=1S/C23H33N5O2/c1-4-24-23(26-16-19-6-5-12-25-22(19)30-15-14-29-3)27-20-11-13-28(17-20)21-9-7-18(2)8-10-21/h5-10,12,20H,4,11,13-17H2,1-3H3,(H2,24,26,27). The van der Waals surface area contributed by atoms with Gasteiger partial charge in [-0.05, 0) is 38.5 Å². The van der Waals surface area contributed by atoms with Gasteiger partial charge in [0.05, 0.1) is 13.2 Å². The van der Waals surface area contributed by atoms with Crippen LogP contribution in [0.25, 0.3) is 0 Å². The topological polar surface area (TPSA) is 71.0 Å². The highest BCUT2D eigenvalue weighted by atomic mass is 16.5. The molecule has 0 bridgehead atoms. The van der Waals surface area contributed by atoms with E-state index < -0.39 is 0 Å². The number of benzene rings is 1. The van der Waals surface area contributed by atoms with Crippen molar-refractivity contribution in [2.75, 3.05) is 44.9 Å². The van der Waals surface area contributed by atoms with E-state index in [4.69, 9.17) is 14.5 Å². The lowest BCUT2D eigenvalue weighted by atomic mass is 10.2. The van der Waals surface area contributed by atoms with Gasteiger partial charge >= 0.3 is 0 Å². The molecule has 162 valence electrons. The molecule has 1 fully saturated rings. The number of aryl methyl sites for hydroxylation is 1. The highest BCUT2D eigenvalue weighted by molar-refractivity contribution is 5.80. The lowest BCUT2D eigenvalue weighted by Gasteiger charge is -2.20. The SMILES string of the molecule is CCNC(=NCc1cccnc1OCCOC)NC1CCN(c2ccc(C)cc2)C1. The number of aromatic nitrogens is 1. The maximum absolute atomic E-state index is 5.72. The Morgan fingerprint density at radius 1 is 1.23 bits per heavy atom. The first-order valence-corrected chi connectivity index (χ1v) is 10.6. The van der Waals surface area contributed by atoms with Crippen molar-refractivity contribution in [3.8, 4) is 5.88 Å². The number of hydrogen-bond acceptors (Lipinski definition) is 5. The number of pyridine rings is 1. The van der Waals surface area contributed by atoms with E-state index in [2.05, 4.69) is 58.6 Å². The zero-order chi connectivity index (χ0) is 21.2. The van der Waals surface area contributed by atoms with Crippen LogP contribution in [0.4, 0.5) is 5.69 Å². The van der Waals surface area contributed by atoms with E-state index in [-0.39, 0.29) is 0 Å². The third-order valence-corrected chi connectivity index (χ3v) is 5.06. The smallest absolute Gasteiger partial charge is 0.218 e. The molecule has 1 aliphatic rings. The molecular weight excluding hydrogens is 378 g/mol. The molecule has 1 aliphatic heterocycles. The summed E-state index contributed by atoms with van der Waals surface area (Å²) in [6.07, 6.45) is 2.81. The predicted octanol–water partition coefficient (Wildman–Crippen LogP) is 2.75. The summed E-state index contributed by atoms with van der Waals surface area (Å²) >= 11 is 0. The van der Waals surface area contributed by atoms with Crippen LogP contribution in [0.1, 0.15) is 24.5 Å². The fraction of sp³-hybridized carbons (Fsp3) is 0.478. The van der Waals surface area contributed by atoms with Crippen LogP contribution in [-0.4, -0.2) is 56.9 Å². The number of aliphatic imine (C=N–C) groups is 1. The lowest BCUT2D eigenvalue weighted by Crippen LogP contribution is -2.44. The Morgan fingerprint density at radius 2 is 2.07 bits per heavy atom. The first-order valence-electron chi connectivity index (χ1n) is 10.6. The molecule has 7 nitrogen and oxygen atoms in total. The molecule has 1 aromatic heterocycles. The Hall–Kier alpha value is -2.80. The second-order valence-corrected chi connectivity index (χ2v) is 7.42. The maximum atomic E-state index is 5.72. The Labute approximate surface area is 179 Å². The van der Waals surface area contributed by atoms with Gasteiger partial charge in [-0.3, -0.25) is 0 Å². The third kappa shape index (κ3) is 6.35. The zero-order valence-corrected chi connectivity index (χ0v) is 18.2. The van der Waals surface area contributed by atoms with Gasteiger partial charge in [0, 0.05) is 50.2 Å². The number of hydrogen-bond donors (Lipinski definition) is 2. The minimum absolute atomic E-state index is 0.357. The normalized spacial score (nSPS) is 16.6. The number of nitrogens with zero attached hydrogens (tertiary/aromatic N) is 3. The molecule has 2 N–H and O–H groups in total. The average Bonchev–Trinajstić information content (AvgIpc) is 3.22. The van der Waals surface area contributed by atoms with E-state index in [1.54, 1.807) is 13.3 Å². The van der Waals surface area contributed by atoms with Crippen molar-refractivity contribution in [2.45, 2.75) is 32.9 Å². The molecule has 0 aliphatic carbocycles. The first kappa shape index (κ1) is 21.9. The Morgan fingerprint density at radius 3 is 2.83 bits per heavy atom. The van der Waals surface area contributed by atoms with Crippen molar-refractivity contribution in [1.29, 1.82) is 0 Å². The molecular formula is C23H33N5O2. The number of guanidine groups is 1. The summed E-state index contributed by atoms with van der Waals surface area (Å²) in [7, 11) is 1.66. The van der Waals surface area contributed by atoms with E-state index >= 15 is 0 Å². The molecule has 7 heteroatoms. The summed E-state index contributed by atoms with van der Waals surface area (Å²) in [5.41, 5.74) is 3.52. The van der Waals surface area contributed by atoms with E-state index in [9.17, 15) is 0 Å². The van der Waals surface area contributed by atoms with Gasteiger partial charge in [0.15, 0.2) is 5.96 Å². The molecule has 1 unspecified atom stereocenters. The number of rotatable bonds is 9. The largest absolute Gasteiger partial charge is 0.475 e. The minimum Gasteiger partial charge on any atom is -0.475 e. The highest BCUT2D eigenvalue weighted by Gasteiger charge is 2.23. The van der Waals surface area contributed by atoms with Crippen molar-refractivity contribution in [1.82, 2.24) is 15.6 Å². The molecule has 2 heterocycles. The van der Waals surface area contributed by atoms with Crippen LogP contribution < -0.4 is 20.3 Å². The van der Waals surface area contributed by atoms with Crippen LogP contribution >= 0.6 is 0 Å². The van der Waals surface area contributed by atoms with Gasteiger partial charge in [-0.25, -0.2) is 9.98 Å². The van der Waals surface area contributed by atoms with Crippen molar-refractivity contribution in [3.05, 3.63) is 53.7 Å². The lowest BCUT2D eigenvalue weighted by molar-refractivity contribution is 0.143. The fourth-order valence-corrected chi connectivity index (χ4v) is 3.44. The van der Waals surface area contributed by atoms with Gasteiger partial charge in [-0.15, -0.1) is 0 Å². The van der Waals surface area contributed by atoms with Crippen LogP contribution in [0.3, 0.4) is 0 Å². The summed E-state index contributed by atoms with van der Waals surface area (Å²) in [5.74, 6) is 1.43. The number of anilines is 1. The zero-order valence-electron chi connectivity index (χ0n) is 18.2. The molecule has 0 saturated carbocycles. The van der Waals surface area contributed by atoms with E-state index in [0.29, 0.717) is 31.7 Å². The van der Waals surface area contributed by atoms with Crippen LogP contribution in [-0.2, 0) is 11.3 Å². The van der Waals surface area contributed by atoms with Crippen molar-refractivity contribution >= 4 is 11.6 Å².